The van der Waals surface area contributed by atoms with Crippen molar-refractivity contribution >= 4 is 16.1 Å². The number of benzene rings is 2. The van der Waals surface area contributed by atoms with Crippen LogP contribution in [0.15, 0.2) is 82.5 Å². The minimum atomic E-state index is -3.92. The van der Waals surface area contributed by atoms with E-state index in [4.69, 9.17) is 13.9 Å². The molecule has 0 aliphatic rings. The highest BCUT2D eigenvalue weighted by Gasteiger charge is 2.31. The summed E-state index contributed by atoms with van der Waals surface area (Å²) in [6.45, 7) is 3.81. The number of aliphatic hydroxyl groups excluding tert-OH is 1. The van der Waals surface area contributed by atoms with Gasteiger partial charge in [-0.1, -0.05) is 44.2 Å². The number of amides is 1. The van der Waals surface area contributed by atoms with Crippen LogP contribution in [0, 0.1) is 5.92 Å². The number of alkyl carbamates (subject to hydrolysis) is 1. The number of carbonyl (C=O) groups excluding carboxylic acids is 1. The van der Waals surface area contributed by atoms with Gasteiger partial charge in [0.15, 0.2) is 0 Å². The molecular weight excluding hydrogens is 508 g/mol. The molecule has 1 aromatic heterocycles. The van der Waals surface area contributed by atoms with Crippen LogP contribution in [0.25, 0.3) is 0 Å². The molecule has 0 saturated carbocycles. The number of rotatable bonds is 14. The highest BCUT2D eigenvalue weighted by molar-refractivity contribution is 7.89. The molecule has 0 aliphatic heterocycles. The zero-order valence-electron chi connectivity index (χ0n) is 21.9. The van der Waals surface area contributed by atoms with Gasteiger partial charge in [0.25, 0.3) is 0 Å². The van der Waals surface area contributed by atoms with Gasteiger partial charge in [-0.2, -0.15) is 4.31 Å². The number of hydrogen-bond acceptors (Lipinski definition) is 7. The number of furan rings is 1. The fourth-order valence-corrected chi connectivity index (χ4v) is 5.58. The SMILES string of the molecule is COc1ccc(S(=O)(=O)N(CC(C)C)C[C@@H](O)[C@H](CCc2ccccc2)NC(=O)OCc2ccoc2)cc1. The van der Waals surface area contributed by atoms with Crippen LogP contribution in [0.1, 0.15) is 31.4 Å². The summed E-state index contributed by atoms with van der Waals surface area (Å²) in [5, 5.41) is 14.0. The molecule has 0 spiro atoms. The molecule has 2 atom stereocenters. The van der Waals surface area contributed by atoms with Crippen LogP contribution < -0.4 is 10.1 Å². The Kier molecular flexibility index (Phi) is 10.8. The Bertz CT molecular complexity index is 1210. The first-order valence-corrected chi connectivity index (χ1v) is 13.9. The van der Waals surface area contributed by atoms with E-state index < -0.39 is 28.3 Å². The van der Waals surface area contributed by atoms with E-state index in [-0.39, 0.29) is 30.5 Å². The fraction of sp³-hybridized carbons (Fsp3) is 0.393. The highest BCUT2D eigenvalue weighted by atomic mass is 32.2. The first-order chi connectivity index (χ1) is 18.2. The predicted octanol–water partition coefficient (Wildman–Crippen LogP) is 4.22. The van der Waals surface area contributed by atoms with E-state index in [1.54, 1.807) is 18.2 Å². The first kappa shape index (κ1) is 29.2. The van der Waals surface area contributed by atoms with E-state index in [0.29, 0.717) is 24.2 Å². The largest absolute Gasteiger partial charge is 0.497 e. The zero-order valence-corrected chi connectivity index (χ0v) is 22.8. The molecular formula is C28H36N2O7S. The van der Waals surface area contributed by atoms with Gasteiger partial charge in [-0.15, -0.1) is 0 Å². The van der Waals surface area contributed by atoms with Gasteiger partial charge in [0, 0.05) is 18.7 Å². The number of carbonyl (C=O) groups is 1. The van der Waals surface area contributed by atoms with Crippen LogP contribution in [0.5, 0.6) is 5.75 Å². The second kappa shape index (κ2) is 14.0. The van der Waals surface area contributed by atoms with Crippen molar-refractivity contribution in [2.45, 2.75) is 50.3 Å². The van der Waals surface area contributed by atoms with Crippen molar-refractivity contribution in [1.82, 2.24) is 9.62 Å². The maximum Gasteiger partial charge on any atom is 0.407 e. The number of ether oxygens (including phenoxy) is 2. The maximum atomic E-state index is 13.5. The molecule has 2 aromatic carbocycles. The van der Waals surface area contributed by atoms with Crippen molar-refractivity contribution in [2.75, 3.05) is 20.2 Å². The van der Waals surface area contributed by atoms with Gasteiger partial charge in [-0.3, -0.25) is 0 Å². The molecule has 0 bridgehead atoms. The zero-order chi connectivity index (χ0) is 27.5. The molecule has 0 radical (unpaired) electrons. The summed E-state index contributed by atoms with van der Waals surface area (Å²) in [5.41, 5.74) is 1.72. The number of nitrogens with zero attached hydrogens (tertiary/aromatic N) is 1. The van der Waals surface area contributed by atoms with Crippen molar-refractivity contribution in [3.63, 3.8) is 0 Å². The van der Waals surface area contributed by atoms with E-state index in [0.717, 1.165) is 5.56 Å². The summed E-state index contributed by atoms with van der Waals surface area (Å²) in [5.74, 6) is 0.546. The van der Waals surface area contributed by atoms with Crippen molar-refractivity contribution in [2.24, 2.45) is 5.92 Å². The summed E-state index contributed by atoms with van der Waals surface area (Å²) in [6, 6.07) is 16.7. The molecule has 3 rings (SSSR count). The standard InChI is InChI=1S/C28H36N2O7S/c1-21(2)17-30(38(33,34)25-12-10-24(35-3)11-13-25)18-27(31)26(14-9-22-7-5-4-6-8-22)29-28(32)37-20-23-15-16-36-19-23/h4-8,10-13,15-16,19,21,26-27,31H,9,14,17-18,20H2,1-3H3,(H,29,32)/t26-,27+/m0/s1. The van der Waals surface area contributed by atoms with Crippen LogP contribution in [0.2, 0.25) is 0 Å². The maximum absolute atomic E-state index is 13.5. The molecule has 1 heterocycles. The quantitative estimate of drug-likeness (QED) is 0.312. The lowest BCUT2D eigenvalue weighted by Crippen LogP contribution is -2.50. The molecule has 10 heteroatoms. The average molecular weight is 545 g/mol. The summed E-state index contributed by atoms with van der Waals surface area (Å²) in [4.78, 5) is 12.7. The number of hydrogen-bond donors (Lipinski definition) is 2. The second-order valence-electron chi connectivity index (χ2n) is 9.44. The number of nitrogens with one attached hydrogen (secondary N) is 1. The molecule has 0 unspecified atom stereocenters. The Balaban J connectivity index is 1.76. The Hall–Kier alpha value is -3.34. The monoisotopic (exact) mass is 544 g/mol. The summed E-state index contributed by atoms with van der Waals surface area (Å²) < 4.78 is 43.7. The number of aliphatic hydroxyl groups is 1. The smallest absolute Gasteiger partial charge is 0.407 e. The minimum absolute atomic E-state index is 0.00544. The lowest BCUT2D eigenvalue weighted by Gasteiger charge is -2.30. The van der Waals surface area contributed by atoms with E-state index in [1.165, 1.54) is 36.1 Å². The molecule has 9 nitrogen and oxygen atoms in total. The van der Waals surface area contributed by atoms with Crippen molar-refractivity contribution < 1.29 is 32.2 Å². The third-order valence-corrected chi connectivity index (χ3v) is 7.81. The minimum Gasteiger partial charge on any atom is -0.497 e. The number of sulfonamides is 1. The van der Waals surface area contributed by atoms with E-state index in [1.807, 2.05) is 44.2 Å². The number of aryl methyl sites for hydroxylation is 1. The third kappa shape index (κ3) is 8.61. The molecule has 0 saturated heterocycles. The van der Waals surface area contributed by atoms with E-state index >= 15 is 0 Å². The molecule has 2 N–H and O–H groups in total. The van der Waals surface area contributed by atoms with Crippen LogP contribution in [0.4, 0.5) is 4.79 Å². The third-order valence-electron chi connectivity index (χ3n) is 5.96. The van der Waals surface area contributed by atoms with Crippen molar-refractivity contribution in [3.8, 4) is 5.75 Å². The normalized spacial score (nSPS) is 13.3. The Labute approximate surface area is 224 Å². The number of methoxy groups -OCH3 is 1. The van der Waals surface area contributed by atoms with Gasteiger partial charge >= 0.3 is 6.09 Å². The van der Waals surface area contributed by atoms with Crippen LogP contribution in [0.3, 0.4) is 0 Å². The van der Waals surface area contributed by atoms with Gasteiger partial charge in [-0.25, -0.2) is 13.2 Å². The Morgan fingerprint density at radius 2 is 1.74 bits per heavy atom. The Morgan fingerprint density at radius 3 is 2.34 bits per heavy atom. The van der Waals surface area contributed by atoms with Gasteiger partial charge in [0.2, 0.25) is 10.0 Å². The molecule has 3 aromatic rings. The summed E-state index contributed by atoms with van der Waals surface area (Å²) in [7, 11) is -2.41. The van der Waals surface area contributed by atoms with Crippen LogP contribution in [-0.2, 0) is 27.8 Å². The van der Waals surface area contributed by atoms with Crippen LogP contribution >= 0.6 is 0 Å². The van der Waals surface area contributed by atoms with Crippen molar-refractivity contribution in [1.29, 1.82) is 0 Å². The summed E-state index contributed by atoms with van der Waals surface area (Å²) >= 11 is 0. The van der Waals surface area contributed by atoms with Gasteiger partial charge in [-0.05, 0) is 54.7 Å². The molecule has 38 heavy (non-hydrogen) atoms. The topological polar surface area (TPSA) is 118 Å². The van der Waals surface area contributed by atoms with Gasteiger partial charge < -0.3 is 24.3 Å². The van der Waals surface area contributed by atoms with Crippen LogP contribution in [-0.4, -0.2) is 56.3 Å². The molecule has 1 amide bonds. The predicted molar refractivity (Wildman–Crippen MR) is 143 cm³/mol. The van der Waals surface area contributed by atoms with E-state index in [9.17, 15) is 18.3 Å². The van der Waals surface area contributed by atoms with E-state index in [2.05, 4.69) is 5.32 Å². The van der Waals surface area contributed by atoms with Gasteiger partial charge in [0.1, 0.15) is 12.4 Å². The lowest BCUT2D eigenvalue weighted by atomic mass is 10.0. The van der Waals surface area contributed by atoms with Gasteiger partial charge in [0.05, 0.1) is 36.7 Å². The summed E-state index contributed by atoms with van der Waals surface area (Å²) in [6.07, 6.45) is 2.01. The fourth-order valence-electron chi connectivity index (χ4n) is 3.95. The lowest BCUT2D eigenvalue weighted by molar-refractivity contribution is 0.0846. The molecule has 0 fully saturated rings. The Morgan fingerprint density at radius 1 is 1.03 bits per heavy atom. The first-order valence-electron chi connectivity index (χ1n) is 12.5. The molecule has 206 valence electrons. The molecule has 0 aliphatic carbocycles. The average Bonchev–Trinajstić information content (AvgIpc) is 3.43. The second-order valence-corrected chi connectivity index (χ2v) is 11.4. The highest BCUT2D eigenvalue weighted by Crippen LogP contribution is 2.22. The van der Waals surface area contributed by atoms with Crippen molar-refractivity contribution in [3.05, 3.63) is 84.3 Å².